The van der Waals surface area contributed by atoms with Crippen molar-refractivity contribution in [3.8, 4) is 6.07 Å². The Labute approximate surface area is 144 Å². The van der Waals surface area contributed by atoms with Crippen LogP contribution in [0.15, 0.2) is 54.2 Å². The van der Waals surface area contributed by atoms with Gasteiger partial charge < -0.3 is 15.2 Å². The molecule has 0 aliphatic carbocycles. The largest absolute Gasteiger partial charge is 0.506 e. The van der Waals surface area contributed by atoms with Crippen LogP contribution < -0.4 is 5.32 Å². The third-order valence-electron chi connectivity index (χ3n) is 3.16. The zero-order chi connectivity index (χ0) is 18.2. The molecule has 2 N–H and O–H groups in total. The lowest BCUT2D eigenvalue weighted by molar-refractivity contribution is -0.138. The van der Waals surface area contributed by atoms with Gasteiger partial charge in [0.1, 0.15) is 11.9 Å². The molecular formula is C18H15N3O4. The number of nitrogens with one attached hydrogen (secondary N) is 1. The van der Waals surface area contributed by atoms with Gasteiger partial charge in [0.15, 0.2) is 11.3 Å². The molecule has 0 fully saturated rings. The van der Waals surface area contributed by atoms with Crippen molar-refractivity contribution in [3.63, 3.8) is 0 Å². The number of hydrogen-bond acceptors (Lipinski definition) is 6. The zero-order valence-corrected chi connectivity index (χ0v) is 13.4. The number of ether oxygens (including phenoxy) is 1. The van der Waals surface area contributed by atoms with Gasteiger partial charge in [0.25, 0.3) is 5.91 Å². The molecule has 0 saturated heterocycles. The van der Waals surface area contributed by atoms with E-state index < -0.39 is 23.2 Å². The standard InChI is InChI=1S/C18H15N3O4/c1-2-25-18(24)14(11-19)15(22)13-9-6-10-20-16(13)21-17(23)12-7-4-3-5-8-12/h3-10,22H,2H2,1H3,(H,20,21,23)/b15-14+. The SMILES string of the molecule is CCOC(=O)/C(C#N)=C(/O)c1cccnc1NC(=O)c1ccccc1. The minimum Gasteiger partial charge on any atom is -0.506 e. The summed E-state index contributed by atoms with van der Waals surface area (Å²) in [4.78, 5) is 28.0. The van der Waals surface area contributed by atoms with E-state index >= 15 is 0 Å². The van der Waals surface area contributed by atoms with Gasteiger partial charge >= 0.3 is 5.97 Å². The zero-order valence-electron chi connectivity index (χ0n) is 13.4. The van der Waals surface area contributed by atoms with Crippen molar-refractivity contribution in [2.24, 2.45) is 0 Å². The molecular weight excluding hydrogens is 322 g/mol. The lowest BCUT2D eigenvalue weighted by Crippen LogP contribution is -2.15. The number of amides is 1. The average molecular weight is 337 g/mol. The Bertz CT molecular complexity index is 854. The van der Waals surface area contributed by atoms with Crippen LogP contribution in [-0.2, 0) is 9.53 Å². The van der Waals surface area contributed by atoms with Gasteiger partial charge in [-0.1, -0.05) is 18.2 Å². The number of anilines is 1. The van der Waals surface area contributed by atoms with Gasteiger partial charge in [-0.3, -0.25) is 4.79 Å². The molecule has 25 heavy (non-hydrogen) atoms. The highest BCUT2D eigenvalue weighted by molar-refractivity contribution is 6.06. The number of aliphatic hydroxyl groups is 1. The van der Waals surface area contributed by atoms with Crippen LogP contribution >= 0.6 is 0 Å². The van der Waals surface area contributed by atoms with Crippen molar-refractivity contribution in [2.45, 2.75) is 6.92 Å². The van der Waals surface area contributed by atoms with E-state index in [-0.39, 0.29) is 18.0 Å². The summed E-state index contributed by atoms with van der Waals surface area (Å²) >= 11 is 0. The molecule has 7 nitrogen and oxygen atoms in total. The number of carbonyl (C=O) groups excluding carboxylic acids is 2. The van der Waals surface area contributed by atoms with E-state index in [9.17, 15) is 14.7 Å². The summed E-state index contributed by atoms with van der Waals surface area (Å²) in [6, 6.07) is 13.0. The first-order valence-electron chi connectivity index (χ1n) is 7.40. The molecule has 7 heteroatoms. The van der Waals surface area contributed by atoms with Crippen LogP contribution in [0, 0.1) is 11.3 Å². The Morgan fingerprint density at radius 3 is 2.60 bits per heavy atom. The van der Waals surface area contributed by atoms with Crippen LogP contribution in [0.3, 0.4) is 0 Å². The van der Waals surface area contributed by atoms with Crippen molar-refractivity contribution in [1.29, 1.82) is 5.26 Å². The van der Waals surface area contributed by atoms with E-state index in [1.165, 1.54) is 18.3 Å². The number of pyridine rings is 1. The summed E-state index contributed by atoms with van der Waals surface area (Å²) in [5.74, 6) is -1.99. The highest BCUT2D eigenvalue weighted by atomic mass is 16.5. The molecule has 2 aromatic rings. The molecule has 1 heterocycles. The Morgan fingerprint density at radius 1 is 1.24 bits per heavy atom. The quantitative estimate of drug-likeness (QED) is 0.375. The van der Waals surface area contributed by atoms with Crippen molar-refractivity contribution in [3.05, 3.63) is 65.4 Å². The summed E-state index contributed by atoms with van der Waals surface area (Å²) in [5.41, 5.74) is -0.130. The molecule has 1 amide bonds. The van der Waals surface area contributed by atoms with E-state index in [2.05, 4.69) is 10.3 Å². The summed E-state index contributed by atoms with van der Waals surface area (Å²) in [6.45, 7) is 1.64. The number of benzene rings is 1. The summed E-state index contributed by atoms with van der Waals surface area (Å²) in [6.07, 6.45) is 1.41. The first-order valence-corrected chi connectivity index (χ1v) is 7.40. The number of rotatable bonds is 5. The monoisotopic (exact) mass is 337 g/mol. The minimum absolute atomic E-state index is 0.0194. The molecule has 0 spiro atoms. The van der Waals surface area contributed by atoms with Crippen LogP contribution in [0.4, 0.5) is 5.82 Å². The molecule has 0 unspecified atom stereocenters. The fourth-order valence-corrected chi connectivity index (χ4v) is 2.00. The fraction of sp³-hybridized carbons (Fsp3) is 0.111. The van der Waals surface area contributed by atoms with E-state index in [4.69, 9.17) is 10.00 Å². The summed E-state index contributed by atoms with van der Waals surface area (Å²) in [7, 11) is 0. The second kappa shape index (κ2) is 8.26. The van der Waals surface area contributed by atoms with Crippen LogP contribution in [0.1, 0.15) is 22.8 Å². The topological polar surface area (TPSA) is 112 Å². The van der Waals surface area contributed by atoms with Gasteiger partial charge in [-0.15, -0.1) is 0 Å². The molecule has 1 aromatic heterocycles. The summed E-state index contributed by atoms with van der Waals surface area (Å²) in [5, 5.41) is 22.0. The number of esters is 1. The van der Waals surface area contributed by atoms with Crippen LogP contribution in [0.2, 0.25) is 0 Å². The first-order chi connectivity index (χ1) is 12.1. The predicted octanol–water partition coefficient (Wildman–Crippen LogP) is 2.69. The highest BCUT2D eigenvalue weighted by Crippen LogP contribution is 2.23. The molecule has 0 atom stereocenters. The maximum absolute atomic E-state index is 12.3. The average Bonchev–Trinajstić information content (AvgIpc) is 2.63. The minimum atomic E-state index is -0.952. The molecule has 0 saturated carbocycles. The molecule has 0 aliphatic heterocycles. The Hall–Kier alpha value is -3.66. The van der Waals surface area contributed by atoms with E-state index in [0.29, 0.717) is 5.56 Å². The smallest absolute Gasteiger partial charge is 0.352 e. The van der Waals surface area contributed by atoms with Gasteiger partial charge in [-0.25, -0.2) is 9.78 Å². The maximum atomic E-state index is 12.3. The van der Waals surface area contributed by atoms with Crippen molar-refractivity contribution in [1.82, 2.24) is 4.98 Å². The van der Waals surface area contributed by atoms with Crippen LogP contribution in [-0.4, -0.2) is 28.6 Å². The number of carbonyl (C=O) groups is 2. The van der Waals surface area contributed by atoms with E-state index in [1.54, 1.807) is 43.3 Å². The van der Waals surface area contributed by atoms with Gasteiger partial charge in [-0.05, 0) is 31.2 Å². The number of aromatic nitrogens is 1. The van der Waals surface area contributed by atoms with Crippen LogP contribution in [0.5, 0.6) is 0 Å². The second-order valence-electron chi connectivity index (χ2n) is 4.78. The fourth-order valence-electron chi connectivity index (χ4n) is 2.00. The van der Waals surface area contributed by atoms with Crippen molar-refractivity contribution >= 4 is 23.5 Å². The lowest BCUT2D eigenvalue weighted by atomic mass is 10.1. The first kappa shape index (κ1) is 17.7. The highest BCUT2D eigenvalue weighted by Gasteiger charge is 2.21. The Kier molecular flexibility index (Phi) is 5.85. The van der Waals surface area contributed by atoms with Crippen molar-refractivity contribution < 1.29 is 19.4 Å². The molecule has 0 aliphatic rings. The third-order valence-corrected chi connectivity index (χ3v) is 3.16. The normalized spacial score (nSPS) is 11.0. The Balaban J connectivity index is 2.39. The molecule has 0 radical (unpaired) electrons. The second-order valence-corrected chi connectivity index (χ2v) is 4.78. The molecule has 0 bridgehead atoms. The Morgan fingerprint density at radius 2 is 1.96 bits per heavy atom. The number of hydrogen-bond donors (Lipinski definition) is 2. The van der Waals surface area contributed by atoms with E-state index in [0.717, 1.165) is 0 Å². The maximum Gasteiger partial charge on any atom is 0.352 e. The number of nitriles is 1. The van der Waals surface area contributed by atoms with Crippen LogP contribution in [0.25, 0.3) is 5.76 Å². The van der Waals surface area contributed by atoms with Crippen molar-refractivity contribution in [2.75, 3.05) is 11.9 Å². The molecule has 126 valence electrons. The number of aliphatic hydroxyl groups excluding tert-OH is 1. The van der Waals surface area contributed by atoms with Gasteiger partial charge in [0.2, 0.25) is 0 Å². The summed E-state index contributed by atoms with van der Waals surface area (Å²) < 4.78 is 4.74. The molecule has 1 aromatic carbocycles. The predicted molar refractivity (Wildman–Crippen MR) is 90.4 cm³/mol. The number of nitrogens with zero attached hydrogens (tertiary/aromatic N) is 2. The third kappa shape index (κ3) is 4.20. The van der Waals surface area contributed by atoms with Gasteiger partial charge in [0.05, 0.1) is 12.2 Å². The van der Waals surface area contributed by atoms with Gasteiger partial charge in [-0.2, -0.15) is 5.26 Å². The molecule has 2 rings (SSSR count). The van der Waals surface area contributed by atoms with E-state index in [1.807, 2.05) is 0 Å². The van der Waals surface area contributed by atoms with Gasteiger partial charge in [0, 0.05) is 11.8 Å². The lowest BCUT2D eigenvalue weighted by Gasteiger charge is -2.10.